The largest absolute Gasteiger partial charge is 0.399 e. The van der Waals surface area contributed by atoms with Crippen LogP contribution in [-0.2, 0) is 0 Å². The SMILES string of the molecule is Nc1cc(F)c2c(Br)[nH]nc2c1. The molecule has 2 rings (SSSR count). The van der Waals surface area contributed by atoms with Crippen LogP contribution < -0.4 is 5.73 Å². The van der Waals surface area contributed by atoms with Crippen molar-refractivity contribution in [3.63, 3.8) is 0 Å². The third-order valence-electron chi connectivity index (χ3n) is 1.59. The molecule has 3 nitrogen and oxygen atoms in total. The van der Waals surface area contributed by atoms with Crippen molar-refractivity contribution < 1.29 is 4.39 Å². The van der Waals surface area contributed by atoms with Gasteiger partial charge in [0.05, 0.1) is 10.9 Å². The normalized spacial score (nSPS) is 10.8. The van der Waals surface area contributed by atoms with Crippen molar-refractivity contribution in [1.82, 2.24) is 10.2 Å². The van der Waals surface area contributed by atoms with Crippen LogP contribution in [0.3, 0.4) is 0 Å². The fourth-order valence-corrected chi connectivity index (χ4v) is 1.56. The average molecular weight is 230 g/mol. The van der Waals surface area contributed by atoms with Crippen LogP contribution in [0.5, 0.6) is 0 Å². The molecule has 0 radical (unpaired) electrons. The molecule has 3 N–H and O–H groups in total. The van der Waals surface area contributed by atoms with Gasteiger partial charge in [-0.3, -0.25) is 5.10 Å². The molecule has 0 unspecified atom stereocenters. The van der Waals surface area contributed by atoms with Gasteiger partial charge in [-0.15, -0.1) is 0 Å². The van der Waals surface area contributed by atoms with Crippen molar-refractivity contribution in [2.45, 2.75) is 0 Å². The second-order valence-electron chi connectivity index (χ2n) is 2.43. The van der Waals surface area contributed by atoms with Crippen LogP contribution in [-0.4, -0.2) is 10.2 Å². The third-order valence-corrected chi connectivity index (χ3v) is 2.16. The average Bonchev–Trinajstić information content (AvgIpc) is 2.31. The third kappa shape index (κ3) is 0.972. The highest BCUT2D eigenvalue weighted by Gasteiger charge is 2.08. The maximum Gasteiger partial charge on any atom is 0.137 e. The van der Waals surface area contributed by atoms with E-state index in [0.717, 1.165) is 0 Å². The van der Waals surface area contributed by atoms with E-state index in [9.17, 15) is 4.39 Å². The Morgan fingerprint density at radius 1 is 1.50 bits per heavy atom. The molecule has 0 aliphatic heterocycles. The van der Waals surface area contributed by atoms with Crippen LogP contribution in [0.2, 0.25) is 0 Å². The van der Waals surface area contributed by atoms with Crippen LogP contribution >= 0.6 is 15.9 Å². The van der Waals surface area contributed by atoms with Crippen LogP contribution in [0, 0.1) is 5.82 Å². The molecule has 12 heavy (non-hydrogen) atoms. The number of anilines is 1. The van der Waals surface area contributed by atoms with E-state index in [0.29, 0.717) is 21.2 Å². The summed E-state index contributed by atoms with van der Waals surface area (Å²) < 4.78 is 13.7. The van der Waals surface area contributed by atoms with Crippen molar-refractivity contribution in [2.24, 2.45) is 0 Å². The minimum Gasteiger partial charge on any atom is -0.399 e. The van der Waals surface area contributed by atoms with Crippen molar-refractivity contribution in [2.75, 3.05) is 5.73 Å². The summed E-state index contributed by atoms with van der Waals surface area (Å²) in [6.45, 7) is 0. The minimum atomic E-state index is -0.370. The van der Waals surface area contributed by atoms with Gasteiger partial charge >= 0.3 is 0 Å². The number of fused-ring (bicyclic) bond motifs is 1. The van der Waals surface area contributed by atoms with Gasteiger partial charge in [-0.2, -0.15) is 5.10 Å². The first kappa shape index (κ1) is 7.54. The number of benzene rings is 1. The van der Waals surface area contributed by atoms with Gasteiger partial charge < -0.3 is 5.73 Å². The fourth-order valence-electron chi connectivity index (χ4n) is 1.08. The lowest BCUT2D eigenvalue weighted by Gasteiger charge is -1.94. The molecule has 0 aliphatic rings. The van der Waals surface area contributed by atoms with E-state index in [1.54, 1.807) is 6.07 Å². The summed E-state index contributed by atoms with van der Waals surface area (Å²) in [4.78, 5) is 0. The number of aromatic nitrogens is 2. The van der Waals surface area contributed by atoms with E-state index in [1.165, 1.54) is 6.07 Å². The topological polar surface area (TPSA) is 54.7 Å². The van der Waals surface area contributed by atoms with Gasteiger partial charge in [-0.25, -0.2) is 4.39 Å². The summed E-state index contributed by atoms with van der Waals surface area (Å²) in [6, 6.07) is 2.88. The highest BCUT2D eigenvalue weighted by atomic mass is 79.9. The number of halogens is 2. The second kappa shape index (κ2) is 2.45. The maximum absolute atomic E-state index is 13.2. The highest BCUT2D eigenvalue weighted by molar-refractivity contribution is 9.10. The highest BCUT2D eigenvalue weighted by Crippen LogP contribution is 2.25. The Balaban J connectivity index is 2.93. The Morgan fingerprint density at radius 2 is 2.25 bits per heavy atom. The van der Waals surface area contributed by atoms with E-state index in [4.69, 9.17) is 5.73 Å². The zero-order valence-corrected chi connectivity index (χ0v) is 7.52. The summed E-state index contributed by atoms with van der Waals surface area (Å²) in [5.74, 6) is -0.370. The number of nitrogens with zero attached hydrogens (tertiary/aromatic N) is 1. The van der Waals surface area contributed by atoms with Crippen LogP contribution in [0.1, 0.15) is 0 Å². The number of nitrogen functional groups attached to an aromatic ring is 1. The smallest absolute Gasteiger partial charge is 0.137 e. The minimum absolute atomic E-state index is 0.370. The Labute approximate surface area is 75.9 Å². The molecule has 0 bridgehead atoms. The van der Waals surface area contributed by atoms with E-state index < -0.39 is 0 Å². The zero-order chi connectivity index (χ0) is 8.72. The molecule has 0 spiro atoms. The molecule has 0 fully saturated rings. The van der Waals surface area contributed by atoms with E-state index >= 15 is 0 Å². The number of rotatable bonds is 0. The number of nitrogens with two attached hydrogens (primary N) is 1. The van der Waals surface area contributed by atoms with Gasteiger partial charge in [0.2, 0.25) is 0 Å². The monoisotopic (exact) mass is 229 g/mol. The van der Waals surface area contributed by atoms with Crippen molar-refractivity contribution in [1.29, 1.82) is 0 Å². The molecule has 62 valence electrons. The Morgan fingerprint density at radius 3 is 3.00 bits per heavy atom. The van der Waals surface area contributed by atoms with Crippen molar-refractivity contribution >= 4 is 32.5 Å². The summed E-state index contributed by atoms with van der Waals surface area (Å²) in [5.41, 5.74) is 6.33. The number of hydrogen-bond acceptors (Lipinski definition) is 2. The molecule has 0 saturated carbocycles. The van der Waals surface area contributed by atoms with E-state index in [1.807, 2.05) is 0 Å². The van der Waals surface area contributed by atoms with Crippen molar-refractivity contribution in [3.05, 3.63) is 22.6 Å². The predicted octanol–water partition coefficient (Wildman–Crippen LogP) is 2.05. The molecule has 0 amide bonds. The predicted molar refractivity (Wildman–Crippen MR) is 48.2 cm³/mol. The summed E-state index contributed by atoms with van der Waals surface area (Å²) >= 11 is 3.14. The van der Waals surface area contributed by atoms with Gasteiger partial charge in [0, 0.05) is 5.69 Å². The van der Waals surface area contributed by atoms with E-state index in [2.05, 4.69) is 26.1 Å². The molecular formula is C7H5BrFN3. The van der Waals surface area contributed by atoms with Gasteiger partial charge in [-0.05, 0) is 28.1 Å². The number of aromatic amines is 1. The summed E-state index contributed by atoms with van der Waals surface area (Å²) in [5, 5.41) is 6.90. The van der Waals surface area contributed by atoms with Gasteiger partial charge in [0.15, 0.2) is 0 Å². The molecule has 0 atom stereocenters. The summed E-state index contributed by atoms with van der Waals surface area (Å²) in [7, 11) is 0. The van der Waals surface area contributed by atoms with E-state index in [-0.39, 0.29) is 5.82 Å². The second-order valence-corrected chi connectivity index (χ2v) is 3.23. The zero-order valence-electron chi connectivity index (χ0n) is 5.94. The van der Waals surface area contributed by atoms with Gasteiger partial charge in [-0.1, -0.05) is 0 Å². The standard InChI is InChI=1S/C7H5BrFN3/c8-7-6-4(9)1-3(10)2-5(6)11-12-7/h1-2H,10H2,(H,11,12). The van der Waals surface area contributed by atoms with Gasteiger partial charge in [0.1, 0.15) is 10.4 Å². The van der Waals surface area contributed by atoms with Crippen molar-refractivity contribution in [3.8, 4) is 0 Å². The molecule has 5 heteroatoms. The molecule has 0 saturated heterocycles. The molecular weight excluding hydrogens is 225 g/mol. The Kier molecular flexibility index (Phi) is 1.54. The maximum atomic E-state index is 13.2. The number of H-pyrrole nitrogens is 1. The number of hydrogen-bond donors (Lipinski definition) is 2. The van der Waals surface area contributed by atoms with Crippen LogP contribution in [0.15, 0.2) is 16.7 Å². The quantitative estimate of drug-likeness (QED) is 0.680. The first-order valence-electron chi connectivity index (χ1n) is 3.27. The Bertz CT molecular complexity index is 437. The molecule has 1 heterocycles. The van der Waals surface area contributed by atoms with Gasteiger partial charge in [0.25, 0.3) is 0 Å². The first-order valence-corrected chi connectivity index (χ1v) is 4.06. The molecule has 1 aromatic heterocycles. The lowest BCUT2D eigenvalue weighted by Crippen LogP contribution is -1.86. The molecule has 1 aromatic carbocycles. The number of nitrogens with one attached hydrogen (secondary N) is 1. The lowest BCUT2D eigenvalue weighted by molar-refractivity contribution is 0.640. The molecule has 2 aromatic rings. The Hall–Kier alpha value is -1.10. The molecule has 0 aliphatic carbocycles. The summed E-state index contributed by atoms with van der Waals surface area (Å²) in [6.07, 6.45) is 0. The van der Waals surface area contributed by atoms with Crippen LogP contribution in [0.25, 0.3) is 10.9 Å². The van der Waals surface area contributed by atoms with Crippen LogP contribution in [0.4, 0.5) is 10.1 Å². The first-order chi connectivity index (χ1) is 5.68. The lowest BCUT2D eigenvalue weighted by atomic mass is 10.2. The fraction of sp³-hybridized carbons (Fsp3) is 0.